The lowest BCUT2D eigenvalue weighted by Crippen LogP contribution is -2.18. The van der Waals surface area contributed by atoms with Gasteiger partial charge < -0.3 is 10.6 Å². The highest BCUT2D eigenvalue weighted by Gasteiger charge is 2.33. The van der Waals surface area contributed by atoms with Gasteiger partial charge in [0.05, 0.1) is 16.9 Å². The van der Waals surface area contributed by atoms with Crippen LogP contribution in [0.5, 0.6) is 0 Å². The fraction of sp³-hybridized carbons (Fsp3) is 0.0588. The zero-order valence-electron chi connectivity index (χ0n) is 13.2. The average Bonchev–Trinajstić information content (AvgIpc) is 2.61. The summed E-state index contributed by atoms with van der Waals surface area (Å²) >= 11 is 0. The van der Waals surface area contributed by atoms with Gasteiger partial charge in [-0.1, -0.05) is 12.1 Å². The molecule has 0 aliphatic heterocycles. The fourth-order valence-electron chi connectivity index (χ4n) is 1.96. The summed E-state index contributed by atoms with van der Waals surface area (Å²) in [6, 6.07) is 6.92. The van der Waals surface area contributed by atoms with E-state index >= 15 is 0 Å². The molecule has 0 saturated heterocycles. The Morgan fingerprint density at radius 2 is 1.67 bits per heavy atom. The number of nitriles is 1. The van der Waals surface area contributed by atoms with Crippen LogP contribution in [-0.2, 0) is 11.0 Å². The number of carbonyl (C=O) groups excluding carboxylic acids is 1. The molecular weight excluding hydrogens is 376 g/mol. The van der Waals surface area contributed by atoms with Gasteiger partial charge in [0, 0.05) is 6.20 Å². The quantitative estimate of drug-likeness (QED) is 0.350. The standard InChI is InChI=1S/C17H9F6N3O/c18-11-5-6-13(15(20)14(11)19)25-8-9(7-24)16(27)26-12-4-2-1-3-10(12)17(21,22)23/h1-6,8,25H,(H,26,27)/b9-8-. The van der Waals surface area contributed by atoms with Crippen LogP contribution in [0.25, 0.3) is 0 Å². The molecule has 0 heterocycles. The lowest BCUT2D eigenvalue weighted by molar-refractivity contribution is -0.137. The van der Waals surface area contributed by atoms with Crippen LogP contribution in [0.2, 0.25) is 0 Å². The van der Waals surface area contributed by atoms with Crippen molar-refractivity contribution in [3.63, 3.8) is 0 Å². The number of para-hydroxylation sites is 1. The van der Waals surface area contributed by atoms with Gasteiger partial charge in [0.1, 0.15) is 11.6 Å². The summed E-state index contributed by atoms with van der Waals surface area (Å²) in [4.78, 5) is 12.0. The van der Waals surface area contributed by atoms with Gasteiger partial charge in [-0.3, -0.25) is 4.79 Å². The van der Waals surface area contributed by atoms with Crippen molar-refractivity contribution in [1.82, 2.24) is 0 Å². The van der Waals surface area contributed by atoms with E-state index in [4.69, 9.17) is 5.26 Å². The third-order valence-electron chi connectivity index (χ3n) is 3.25. The number of nitrogens with one attached hydrogen (secondary N) is 2. The molecule has 0 aliphatic carbocycles. The highest BCUT2D eigenvalue weighted by molar-refractivity contribution is 6.07. The number of rotatable bonds is 4. The molecule has 4 nitrogen and oxygen atoms in total. The zero-order chi connectivity index (χ0) is 20.2. The highest BCUT2D eigenvalue weighted by atomic mass is 19.4. The molecule has 0 saturated carbocycles. The number of carbonyl (C=O) groups is 1. The lowest BCUT2D eigenvalue weighted by Gasteiger charge is -2.13. The zero-order valence-corrected chi connectivity index (χ0v) is 13.2. The number of nitrogens with zero attached hydrogens (tertiary/aromatic N) is 1. The van der Waals surface area contributed by atoms with Gasteiger partial charge in [0.25, 0.3) is 5.91 Å². The van der Waals surface area contributed by atoms with E-state index < -0.39 is 52.0 Å². The molecule has 0 radical (unpaired) electrons. The first-order valence-corrected chi connectivity index (χ1v) is 7.13. The summed E-state index contributed by atoms with van der Waals surface area (Å²) in [5.74, 6) is -6.02. The summed E-state index contributed by atoms with van der Waals surface area (Å²) in [7, 11) is 0. The molecule has 2 aromatic carbocycles. The maximum absolute atomic E-state index is 13.5. The summed E-state index contributed by atoms with van der Waals surface area (Å²) in [5, 5.41) is 13.0. The number of alkyl halides is 3. The summed E-state index contributed by atoms with van der Waals surface area (Å²) in [6.07, 6.45) is -4.09. The average molecular weight is 385 g/mol. The Bertz CT molecular complexity index is 947. The molecule has 0 aliphatic rings. The van der Waals surface area contributed by atoms with Crippen LogP contribution >= 0.6 is 0 Å². The fourth-order valence-corrected chi connectivity index (χ4v) is 1.96. The third kappa shape index (κ3) is 4.58. The van der Waals surface area contributed by atoms with E-state index in [-0.39, 0.29) is 0 Å². The van der Waals surface area contributed by atoms with Crippen molar-refractivity contribution in [2.75, 3.05) is 10.6 Å². The summed E-state index contributed by atoms with van der Waals surface area (Å²) < 4.78 is 78.3. The number of hydrogen-bond acceptors (Lipinski definition) is 3. The number of halogens is 6. The minimum atomic E-state index is -4.74. The first kappa shape index (κ1) is 19.8. The summed E-state index contributed by atoms with van der Waals surface area (Å²) in [6.45, 7) is 0. The van der Waals surface area contributed by atoms with Gasteiger partial charge in [-0.15, -0.1) is 0 Å². The van der Waals surface area contributed by atoms with Crippen molar-refractivity contribution in [2.24, 2.45) is 0 Å². The molecule has 2 N–H and O–H groups in total. The van der Waals surface area contributed by atoms with E-state index in [1.165, 1.54) is 12.1 Å². The summed E-state index contributed by atoms with van der Waals surface area (Å²) in [5.41, 5.74) is -3.02. The molecule has 140 valence electrons. The van der Waals surface area contributed by atoms with Crippen molar-refractivity contribution in [1.29, 1.82) is 5.26 Å². The maximum atomic E-state index is 13.5. The molecule has 0 spiro atoms. The highest BCUT2D eigenvalue weighted by Crippen LogP contribution is 2.34. The molecular formula is C17H9F6N3O. The van der Waals surface area contributed by atoms with Crippen LogP contribution < -0.4 is 10.6 Å². The number of amides is 1. The van der Waals surface area contributed by atoms with Crippen LogP contribution in [0.15, 0.2) is 48.2 Å². The van der Waals surface area contributed by atoms with Crippen molar-refractivity contribution in [2.45, 2.75) is 6.18 Å². The van der Waals surface area contributed by atoms with Gasteiger partial charge >= 0.3 is 6.18 Å². The van der Waals surface area contributed by atoms with Crippen molar-refractivity contribution >= 4 is 17.3 Å². The molecule has 10 heteroatoms. The molecule has 1 amide bonds. The normalized spacial score (nSPS) is 11.7. The Balaban J connectivity index is 2.24. The van der Waals surface area contributed by atoms with E-state index in [0.29, 0.717) is 12.3 Å². The van der Waals surface area contributed by atoms with Gasteiger partial charge in [0.15, 0.2) is 17.5 Å². The van der Waals surface area contributed by atoms with Crippen molar-refractivity contribution in [3.05, 3.63) is 71.2 Å². The topological polar surface area (TPSA) is 64.9 Å². The minimum absolute atomic E-state index is 0.579. The number of benzene rings is 2. The Kier molecular flexibility index (Phi) is 5.75. The predicted molar refractivity (Wildman–Crippen MR) is 83.7 cm³/mol. The van der Waals surface area contributed by atoms with E-state index in [9.17, 15) is 31.1 Å². The molecule has 27 heavy (non-hydrogen) atoms. The molecule has 0 bridgehead atoms. The molecule has 0 unspecified atom stereocenters. The van der Waals surface area contributed by atoms with Gasteiger partial charge in [-0.25, -0.2) is 13.2 Å². The Morgan fingerprint density at radius 1 is 1.00 bits per heavy atom. The van der Waals surface area contributed by atoms with Crippen LogP contribution in [0.4, 0.5) is 37.7 Å². The van der Waals surface area contributed by atoms with Crippen LogP contribution in [0.1, 0.15) is 5.56 Å². The SMILES string of the molecule is N#C/C(=C/Nc1ccc(F)c(F)c1F)C(=O)Nc1ccccc1C(F)(F)F. The lowest BCUT2D eigenvalue weighted by atomic mass is 10.1. The molecule has 0 atom stereocenters. The second kappa shape index (κ2) is 7.82. The predicted octanol–water partition coefficient (Wildman–Crippen LogP) is 4.58. The van der Waals surface area contributed by atoms with Crippen molar-refractivity contribution in [3.8, 4) is 6.07 Å². The van der Waals surface area contributed by atoms with Crippen LogP contribution in [0, 0.1) is 28.8 Å². The first-order valence-electron chi connectivity index (χ1n) is 7.13. The Hall–Kier alpha value is -3.48. The molecule has 0 aromatic heterocycles. The van der Waals surface area contributed by atoms with Gasteiger partial charge in [-0.05, 0) is 24.3 Å². The van der Waals surface area contributed by atoms with Gasteiger partial charge in [0.2, 0.25) is 0 Å². The molecule has 2 aromatic rings. The van der Waals surface area contributed by atoms with Gasteiger partial charge in [-0.2, -0.15) is 18.4 Å². The Morgan fingerprint density at radius 3 is 2.30 bits per heavy atom. The van der Waals surface area contributed by atoms with Crippen LogP contribution in [0.3, 0.4) is 0 Å². The Labute approximate surface area is 148 Å². The molecule has 2 rings (SSSR count). The number of hydrogen-bond donors (Lipinski definition) is 2. The van der Waals surface area contributed by atoms with E-state index in [2.05, 4.69) is 5.32 Å². The van der Waals surface area contributed by atoms with E-state index in [0.717, 1.165) is 24.3 Å². The monoisotopic (exact) mass is 385 g/mol. The molecule has 0 fully saturated rings. The maximum Gasteiger partial charge on any atom is 0.418 e. The van der Waals surface area contributed by atoms with E-state index in [1.54, 1.807) is 0 Å². The number of anilines is 2. The minimum Gasteiger partial charge on any atom is -0.358 e. The van der Waals surface area contributed by atoms with Crippen LogP contribution in [-0.4, -0.2) is 5.91 Å². The third-order valence-corrected chi connectivity index (χ3v) is 3.25. The first-order chi connectivity index (χ1) is 12.6. The second-order valence-corrected chi connectivity index (χ2v) is 5.03. The largest absolute Gasteiger partial charge is 0.418 e. The van der Waals surface area contributed by atoms with Crippen molar-refractivity contribution < 1.29 is 31.1 Å². The smallest absolute Gasteiger partial charge is 0.358 e. The van der Waals surface area contributed by atoms with E-state index in [1.807, 2.05) is 5.32 Å². The second-order valence-electron chi connectivity index (χ2n) is 5.03.